The third-order valence-electron chi connectivity index (χ3n) is 1.80. The lowest BCUT2D eigenvalue weighted by Crippen LogP contribution is -2.09. The minimum Gasteiger partial charge on any atom is -0.451 e. The van der Waals surface area contributed by atoms with E-state index in [1.807, 2.05) is 18.2 Å². The summed E-state index contributed by atoms with van der Waals surface area (Å²) < 4.78 is 4.95. The van der Waals surface area contributed by atoms with Crippen LogP contribution in [0.15, 0.2) is 30.3 Å². The molecule has 0 saturated carbocycles. The number of halogens is 1. The second-order valence-corrected chi connectivity index (χ2v) is 4.07. The number of aryl methyl sites for hydroxylation is 1. The van der Waals surface area contributed by atoms with Gasteiger partial charge in [0.05, 0.1) is 0 Å². The van der Waals surface area contributed by atoms with Gasteiger partial charge in [-0.15, -0.1) is 0 Å². The van der Waals surface area contributed by atoms with Crippen molar-refractivity contribution in [2.24, 2.45) is 0 Å². The summed E-state index contributed by atoms with van der Waals surface area (Å²) in [6, 6.07) is 10.1. The van der Waals surface area contributed by atoms with Gasteiger partial charge in [-0.25, -0.2) is 0 Å². The van der Waals surface area contributed by atoms with Gasteiger partial charge < -0.3 is 4.74 Å². The zero-order chi connectivity index (χ0) is 10.4. The molecule has 3 heteroatoms. The van der Waals surface area contributed by atoms with Gasteiger partial charge in [0.25, 0.3) is 0 Å². The van der Waals surface area contributed by atoms with E-state index in [4.69, 9.17) is 4.74 Å². The van der Waals surface area contributed by atoms with Gasteiger partial charge in [0.2, 0.25) is 0 Å². The predicted octanol–water partition coefficient (Wildman–Crippen LogP) is 2.90. The Labute approximate surface area is 92.4 Å². The van der Waals surface area contributed by atoms with Crippen LogP contribution in [0.5, 0.6) is 0 Å². The third-order valence-corrected chi connectivity index (χ3v) is 2.44. The maximum absolute atomic E-state index is 10.6. The van der Waals surface area contributed by atoms with Crippen molar-refractivity contribution in [3.8, 4) is 0 Å². The summed E-state index contributed by atoms with van der Waals surface area (Å²) in [6.07, 6.45) is 1.70. The number of benzene rings is 1. The molecule has 0 heterocycles. The van der Waals surface area contributed by atoms with Gasteiger partial charge in [-0.3, -0.25) is 4.79 Å². The van der Waals surface area contributed by atoms with E-state index < -0.39 is 0 Å². The van der Waals surface area contributed by atoms with Crippen LogP contribution in [0, 0.1) is 0 Å². The molecule has 0 aliphatic heterocycles. The molecule has 0 N–H and O–H groups in total. The van der Waals surface area contributed by atoms with Crippen LogP contribution in [0.25, 0.3) is 0 Å². The number of hydrogen-bond donors (Lipinski definition) is 0. The molecule has 0 bridgehead atoms. The Hall–Kier alpha value is -0.830. The lowest BCUT2D eigenvalue weighted by atomic mass is 10.1. The van der Waals surface area contributed by atoms with Crippen LogP contribution in [0.1, 0.15) is 18.9 Å². The fourth-order valence-corrected chi connectivity index (χ4v) is 1.66. The minimum atomic E-state index is -0.250. The van der Waals surface area contributed by atoms with Crippen molar-refractivity contribution in [3.63, 3.8) is 0 Å². The minimum absolute atomic E-state index is 0.180. The van der Waals surface area contributed by atoms with Gasteiger partial charge >= 0.3 is 5.97 Å². The fourth-order valence-electron chi connectivity index (χ4n) is 1.16. The molecule has 1 unspecified atom stereocenters. The third kappa shape index (κ3) is 4.42. The fraction of sp³-hybridized carbons (Fsp3) is 0.364. The van der Waals surface area contributed by atoms with E-state index in [1.165, 1.54) is 12.5 Å². The first-order valence-electron chi connectivity index (χ1n) is 4.53. The van der Waals surface area contributed by atoms with Crippen LogP contribution in [0.3, 0.4) is 0 Å². The second-order valence-electron chi connectivity index (χ2n) is 3.04. The molecular weight excluding hydrogens is 244 g/mol. The molecule has 0 aromatic heterocycles. The van der Waals surface area contributed by atoms with Gasteiger partial charge in [-0.05, 0) is 34.3 Å². The largest absolute Gasteiger partial charge is 0.451 e. The van der Waals surface area contributed by atoms with Crippen LogP contribution < -0.4 is 0 Å². The summed E-state index contributed by atoms with van der Waals surface area (Å²) in [5.41, 5.74) is 1.25. The number of carbonyl (C=O) groups is 1. The summed E-state index contributed by atoms with van der Waals surface area (Å²) >= 11 is 3.29. The zero-order valence-corrected chi connectivity index (χ0v) is 9.66. The molecule has 0 saturated heterocycles. The molecule has 0 aliphatic carbocycles. The highest BCUT2D eigenvalue weighted by Gasteiger charge is 2.06. The summed E-state index contributed by atoms with van der Waals surface area (Å²) in [7, 11) is 0. The number of carbonyl (C=O) groups excluding carboxylic acids is 1. The Bertz CT molecular complexity index is 285. The molecule has 2 nitrogen and oxygen atoms in total. The number of ether oxygens (including phenoxy) is 1. The average Bonchev–Trinajstić information content (AvgIpc) is 2.15. The number of alkyl halides is 1. The van der Waals surface area contributed by atoms with Gasteiger partial charge in [0.15, 0.2) is 5.01 Å². The molecule has 1 aromatic carbocycles. The molecule has 0 aliphatic rings. The molecule has 0 radical (unpaired) electrons. The molecule has 0 amide bonds. The van der Waals surface area contributed by atoms with Gasteiger partial charge in [-0.2, -0.15) is 0 Å². The molecule has 1 atom stereocenters. The van der Waals surface area contributed by atoms with Crippen molar-refractivity contribution < 1.29 is 9.53 Å². The van der Waals surface area contributed by atoms with E-state index in [2.05, 4.69) is 28.1 Å². The van der Waals surface area contributed by atoms with E-state index >= 15 is 0 Å². The molecule has 76 valence electrons. The van der Waals surface area contributed by atoms with Crippen molar-refractivity contribution in [1.82, 2.24) is 0 Å². The summed E-state index contributed by atoms with van der Waals surface area (Å²) in [5, 5.41) is -0.180. The van der Waals surface area contributed by atoms with Crippen LogP contribution in [-0.2, 0) is 16.0 Å². The van der Waals surface area contributed by atoms with Gasteiger partial charge in [-0.1, -0.05) is 30.3 Å². The molecule has 1 rings (SSSR count). The van der Waals surface area contributed by atoms with Crippen molar-refractivity contribution in [2.75, 3.05) is 0 Å². The lowest BCUT2D eigenvalue weighted by Gasteiger charge is -2.09. The lowest BCUT2D eigenvalue weighted by molar-refractivity contribution is -0.142. The van der Waals surface area contributed by atoms with Crippen LogP contribution in [0.4, 0.5) is 0 Å². The molecule has 0 fully saturated rings. The normalized spacial score (nSPS) is 12.1. The maximum atomic E-state index is 10.6. The predicted molar refractivity (Wildman–Crippen MR) is 59.2 cm³/mol. The first-order chi connectivity index (χ1) is 6.68. The summed E-state index contributed by atoms with van der Waals surface area (Å²) in [6.45, 7) is 1.41. The topological polar surface area (TPSA) is 26.3 Å². The maximum Gasteiger partial charge on any atom is 0.303 e. The van der Waals surface area contributed by atoms with Crippen LogP contribution in [0.2, 0.25) is 0 Å². The Morgan fingerprint density at radius 1 is 1.43 bits per heavy atom. The monoisotopic (exact) mass is 256 g/mol. The summed E-state index contributed by atoms with van der Waals surface area (Å²) in [5.74, 6) is -0.250. The van der Waals surface area contributed by atoms with E-state index in [-0.39, 0.29) is 11.0 Å². The first kappa shape index (κ1) is 11.2. The van der Waals surface area contributed by atoms with Crippen molar-refractivity contribution >= 4 is 21.9 Å². The second kappa shape index (κ2) is 5.81. The van der Waals surface area contributed by atoms with Crippen molar-refractivity contribution in [3.05, 3.63) is 35.9 Å². The van der Waals surface area contributed by atoms with E-state index in [0.29, 0.717) is 0 Å². The SMILES string of the molecule is CC(=O)OC(Br)CCc1ccccc1. The highest BCUT2D eigenvalue weighted by molar-refractivity contribution is 9.09. The smallest absolute Gasteiger partial charge is 0.303 e. The highest BCUT2D eigenvalue weighted by Crippen LogP contribution is 2.12. The van der Waals surface area contributed by atoms with Gasteiger partial charge in [0.1, 0.15) is 0 Å². The number of rotatable bonds is 4. The Morgan fingerprint density at radius 2 is 2.07 bits per heavy atom. The molecule has 1 aromatic rings. The molecule has 14 heavy (non-hydrogen) atoms. The van der Waals surface area contributed by atoms with Crippen molar-refractivity contribution in [2.45, 2.75) is 24.8 Å². The van der Waals surface area contributed by atoms with Crippen molar-refractivity contribution in [1.29, 1.82) is 0 Å². The summed E-state index contributed by atoms with van der Waals surface area (Å²) in [4.78, 5) is 10.6. The molecular formula is C11H13BrO2. The quantitative estimate of drug-likeness (QED) is 0.612. The number of hydrogen-bond acceptors (Lipinski definition) is 2. The van der Waals surface area contributed by atoms with Crippen LogP contribution >= 0.6 is 15.9 Å². The van der Waals surface area contributed by atoms with E-state index in [9.17, 15) is 4.79 Å². The Kier molecular flexibility index (Phi) is 4.66. The standard InChI is InChI=1S/C11H13BrO2/c1-9(13)14-11(12)8-7-10-5-3-2-4-6-10/h2-6,11H,7-8H2,1H3. The Morgan fingerprint density at radius 3 is 2.64 bits per heavy atom. The van der Waals surface area contributed by atoms with Gasteiger partial charge in [0, 0.05) is 6.92 Å². The van der Waals surface area contributed by atoms with E-state index in [1.54, 1.807) is 0 Å². The Balaban J connectivity index is 2.30. The highest BCUT2D eigenvalue weighted by atomic mass is 79.9. The first-order valence-corrected chi connectivity index (χ1v) is 5.45. The molecule has 0 spiro atoms. The zero-order valence-electron chi connectivity index (χ0n) is 8.07. The average molecular weight is 257 g/mol. The van der Waals surface area contributed by atoms with E-state index in [0.717, 1.165) is 12.8 Å². The number of esters is 1. The van der Waals surface area contributed by atoms with Crippen LogP contribution in [-0.4, -0.2) is 11.0 Å².